The average Bonchev–Trinajstić information content (AvgIpc) is 2.76. The van der Waals surface area contributed by atoms with Crippen LogP contribution in [0.2, 0.25) is 10.0 Å². The summed E-state index contributed by atoms with van der Waals surface area (Å²) in [5.41, 5.74) is 1.44. The number of nitrogens with one attached hydrogen (secondary N) is 1. The Morgan fingerprint density at radius 2 is 1.58 bits per heavy atom. The zero-order valence-electron chi connectivity index (χ0n) is 18.6. The molecule has 0 spiro atoms. The van der Waals surface area contributed by atoms with E-state index in [9.17, 15) is 9.59 Å². The zero-order valence-corrected chi connectivity index (χ0v) is 21.7. The first kappa shape index (κ1) is 25.3. The van der Waals surface area contributed by atoms with E-state index in [1.54, 1.807) is 47.4 Å². The summed E-state index contributed by atoms with van der Waals surface area (Å²) in [6.07, 6.45) is 0. The Hall–Kier alpha value is -2.34. The summed E-state index contributed by atoms with van der Waals surface area (Å²) in [6.45, 7) is 5.88. The van der Waals surface area contributed by atoms with Crippen molar-refractivity contribution in [1.82, 2.24) is 10.2 Å². The smallest absolute Gasteiger partial charge is 0.255 e. The van der Waals surface area contributed by atoms with Crippen LogP contribution in [0.1, 0.15) is 48.3 Å². The van der Waals surface area contributed by atoms with Gasteiger partial charge in [-0.25, -0.2) is 0 Å². The lowest BCUT2D eigenvalue weighted by Gasteiger charge is -2.34. The van der Waals surface area contributed by atoms with Crippen molar-refractivity contribution in [2.45, 2.75) is 38.9 Å². The van der Waals surface area contributed by atoms with E-state index in [0.717, 1.165) is 10.0 Å². The van der Waals surface area contributed by atoms with Gasteiger partial charge in [0.15, 0.2) is 0 Å². The second-order valence-electron chi connectivity index (χ2n) is 8.71. The first-order valence-electron chi connectivity index (χ1n) is 10.4. The van der Waals surface area contributed by atoms with Crippen LogP contribution in [-0.2, 0) is 11.3 Å². The molecule has 3 rings (SSSR count). The molecule has 33 heavy (non-hydrogen) atoms. The predicted octanol–water partition coefficient (Wildman–Crippen LogP) is 7.05. The largest absolute Gasteiger partial charge is 0.349 e. The van der Waals surface area contributed by atoms with Crippen molar-refractivity contribution in [2.24, 2.45) is 0 Å². The molecule has 2 amide bonds. The maximum atomic E-state index is 13.8. The number of hydrogen-bond donors (Lipinski definition) is 1. The Bertz CT molecular complexity index is 1150. The van der Waals surface area contributed by atoms with E-state index >= 15 is 0 Å². The summed E-state index contributed by atoms with van der Waals surface area (Å²) in [4.78, 5) is 29.0. The maximum Gasteiger partial charge on any atom is 0.255 e. The summed E-state index contributed by atoms with van der Waals surface area (Å²) in [7, 11) is 0. The number of halogens is 3. The predicted molar refractivity (Wildman–Crippen MR) is 138 cm³/mol. The summed E-state index contributed by atoms with van der Waals surface area (Å²) in [5.74, 6) is -0.551. The highest BCUT2D eigenvalue weighted by molar-refractivity contribution is 9.10. The molecule has 0 saturated heterocycles. The molecule has 172 valence electrons. The third-order valence-electron chi connectivity index (χ3n) is 4.88. The monoisotopic (exact) mass is 546 g/mol. The minimum atomic E-state index is -0.887. The van der Waals surface area contributed by atoms with Gasteiger partial charge in [-0.2, -0.15) is 0 Å². The third kappa shape index (κ3) is 6.59. The summed E-state index contributed by atoms with van der Waals surface area (Å²) < 4.78 is 0.735. The summed E-state index contributed by atoms with van der Waals surface area (Å²) >= 11 is 15.9. The molecule has 0 heterocycles. The molecule has 0 aliphatic heterocycles. The standard InChI is InChI=1S/C26H25BrCl2N2O2/c1-26(2,3)30-24(32)23(19-11-7-8-12-20(19)27)31(25(33)18-9-5-4-6-10-18)16-17-13-14-21(28)22(29)15-17/h4-15,23H,16H2,1-3H3,(H,30,32). The van der Waals surface area contributed by atoms with Gasteiger partial charge < -0.3 is 10.2 Å². The minimum Gasteiger partial charge on any atom is -0.349 e. The lowest BCUT2D eigenvalue weighted by atomic mass is 10.00. The molecular weight excluding hydrogens is 523 g/mol. The Balaban J connectivity index is 2.15. The van der Waals surface area contributed by atoms with Gasteiger partial charge in [-0.15, -0.1) is 0 Å². The topological polar surface area (TPSA) is 49.4 Å². The molecule has 0 radical (unpaired) electrons. The van der Waals surface area contributed by atoms with Crippen molar-refractivity contribution in [2.75, 3.05) is 0 Å². The van der Waals surface area contributed by atoms with Gasteiger partial charge in [-0.3, -0.25) is 9.59 Å². The fourth-order valence-corrected chi connectivity index (χ4v) is 4.27. The van der Waals surface area contributed by atoms with E-state index < -0.39 is 11.6 Å². The Morgan fingerprint density at radius 1 is 0.939 bits per heavy atom. The quantitative estimate of drug-likeness (QED) is 0.359. The summed E-state index contributed by atoms with van der Waals surface area (Å²) in [5, 5.41) is 3.85. The van der Waals surface area contributed by atoms with Crippen molar-refractivity contribution in [3.05, 3.63) is 104 Å². The molecule has 0 bridgehead atoms. The number of benzene rings is 3. The fourth-order valence-electron chi connectivity index (χ4n) is 3.45. The lowest BCUT2D eigenvalue weighted by molar-refractivity contribution is -0.127. The van der Waals surface area contributed by atoms with Crippen molar-refractivity contribution >= 4 is 50.9 Å². The van der Waals surface area contributed by atoms with E-state index in [0.29, 0.717) is 21.2 Å². The molecule has 1 N–H and O–H groups in total. The van der Waals surface area contributed by atoms with Crippen LogP contribution in [-0.4, -0.2) is 22.3 Å². The van der Waals surface area contributed by atoms with Crippen LogP contribution in [0.25, 0.3) is 0 Å². The molecule has 0 aliphatic carbocycles. The molecular formula is C26H25BrCl2N2O2. The van der Waals surface area contributed by atoms with Crippen molar-refractivity contribution < 1.29 is 9.59 Å². The number of hydrogen-bond acceptors (Lipinski definition) is 2. The Kier molecular flexibility index (Phi) is 8.22. The molecule has 1 unspecified atom stereocenters. The van der Waals surface area contributed by atoms with Gasteiger partial charge in [0.2, 0.25) is 5.91 Å². The molecule has 3 aromatic carbocycles. The Labute approximate surface area is 213 Å². The van der Waals surface area contributed by atoms with Gasteiger partial charge in [-0.05, 0) is 62.2 Å². The fraction of sp³-hybridized carbons (Fsp3) is 0.231. The highest BCUT2D eigenvalue weighted by Crippen LogP contribution is 2.32. The van der Waals surface area contributed by atoms with E-state index in [4.69, 9.17) is 23.2 Å². The molecule has 0 aromatic heterocycles. The number of carbonyl (C=O) groups excluding carboxylic acids is 2. The van der Waals surface area contributed by atoms with Crippen molar-refractivity contribution in [3.8, 4) is 0 Å². The van der Waals surface area contributed by atoms with Gasteiger partial charge in [-0.1, -0.05) is 81.6 Å². The minimum absolute atomic E-state index is 0.161. The number of amides is 2. The van der Waals surface area contributed by atoms with Crippen LogP contribution >= 0.6 is 39.1 Å². The van der Waals surface area contributed by atoms with Crippen LogP contribution in [0, 0.1) is 0 Å². The third-order valence-corrected chi connectivity index (χ3v) is 6.34. The molecule has 0 aliphatic rings. The number of carbonyl (C=O) groups is 2. The Morgan fingerprint density at radius 3 is 2.18 bits per heavy atom. The van der Waals surface area contributed by atoms with Gasteiger partial charge in [0.05, 0.1) is 10.0 Å². The van der Waals surface area contributed by atoms with Crippen LogP contribution in [0.3, 0.4) is 0 Å². The molecule has 7 heteroatoms. The molecule has 3 aromatic rings. The highest BCUT2D eigenvalue weighted by atomic mass is 79.9. The van der Waals surface area contributed by atoms with E-state index in [-0.39, 0.29) is 18.4 Å². The second kappa shape index (κ2) is 10.7. The summed E-state index contributed by atoms with van der Waals surface area (Å²) in [6, 6.07) is 20.7. The van der Waals surface area contributed by atoms with E-state index in [1.165, 1.54) is 0 Å². The molecule has 0 saturated carbocycles. The van der Waals surface area contributed by atoms with E-state index in [1.807, 2.05) is 51.1 Å². The number of nitrogens with zero attached hydrogens (tertiary/aromatic N) is 1. The second-order valence-corrected chi connectivity index (χ2v) is 10.4. The van der Waals surface area contributed by atoms with E-state index in [2.05, 4.69) is 21.2 Å². The van der Waals surface area contributed by atoms with Gasteiger partial charge in [0, 0.05) is 22.1 Å². The van der Waals surface area contributed by atoms with Crippen LogP contribution < -0.4 is 5.32 Å². The molecule has 1 atom stereocenters. The molecule has 4 nitrogen and oxygen atoms in total. The SMILES string of the molecule is CC(C)(C)NC(=O)C(c1ccccc1Br)N(Cc1ccc(Cl)c(Cl)c1)C(=O)c1ccccc1. The van der Waals surface area contributed by atoms with Crippen molar-refractivity contribution in [1.29, 1.82) is 0 Å². The van der Waals surface area contributed by atoms with Gasteiger partial charge in [0.1, 0.15) is 6.04 Å². The first-order chi connectivity index (χ1) is 15.6. The van der Waals surface area contributed by atoms with Crippen LogP contribution in [0.15, 0.2) is 77.3 Å². The lowest BCUT2D eigenvalue weighted by Crippen LogP contribution is -2.49. The first-order valence-corrected chi connectivity index (χ1v) is 12.0. The molecule has 0 fully saturated rings. The highest BCUT2D eigenvalue weighted by Gasteiger charge is 2.35. The van der Waals surface area contributed by atoms with Crippen LogP contribution in [0.4, 0.5) is 0 Å². The number of rotatable bonds is 6. The normalized spacial score (nSPS) is 12.2. The maximum absolute atomic E-state index is 13.8. The average molecular weight is 548 g/mol. The zero-order chi connectivity index (χ0) is 24.2. The van der Waals surface area contributed by atoms with Crippen molar-refractivity contribution in [3.63, 3.8) is 0 Å². The van der Waals surface area contributed by atoms with Gasteiger partial charge in [0.25, 0.3) is 5.91 Å². The van der Waals surface area contributed by atoms with Gasteiger partial charge >= 0.3 is 0 Å². The van der Waals surface area contributed by atoms with Crippen LogP contribution in [0.5, 0.6) is 0 Å².